The summed E-state index contributed by atoms with van der Waals surface area (Å²) in [5, 5.41) is 14.1. The van der Waals surface area contributed by atoms with Gasteiger partial charge in [-0.3, -0.25) is 29.3 Å². The van der Waals surface area contributed by atoms with Crippen molar-refractivity contribution < 1.29 is 9.72 Å². The molecule has 0 bridgehead atoms. The number of pyridine rings is 2. The molecule has 2 aromatic rings. The van der Waals surface area contributed by atoms with Gasteiger partial charge in [-0.25, -0.2) is 0 Å². The van der Waals surface area contributed by atoms with E-state index in [1.165, 1.54) is 0 Å². The molecule has 0 spiro atoms. The first kappa shape index (κ1) is 19.5. The number of hydrogen-bond donors (Lipinski definition) is 1. The molecule has 3 heterocycles. The van der Waals surface area contributed by atoms with E-state index in [2.05, 4.69) is 10.3 Å². The second kappa shape index (κ2) is 8.54. The SMILES string of the molecule is Cl.O=C(Cn1cc([N+](=O)[O-])ccc1=O)N1CCNCC1c1cccnc1. The molecule has 0 aromatic carbocycles. The van der Waals surface area contributed by atoms with Gasteiger partial charge in [0.25, 0.3) is 11.2 Å². The van der Waals surface area contributed by atoms with Crippen molar-refractivity contribution in [1.82, 2.24) is 19.8 Å². The molecule has 26 heavy (non-hydrogen) atoms. The third kappa shape index (κ3) is 4.24. The van der Waals surface area contributed by atoms with Gasteiger partial charge in [0.2, 0.25) is 5.91 Å². The van der Waals surface area contributed by atoms with Crippen LogP contribution in [0.15, 0.2) is 47.7 Å². The molecule has 0 saturated carbocycles. The predicted octanol–water partition coefficient (Wildman–Crippen LogP) is 0.746. The van der Waals surface area contributed by atoms with Crippen molar-refractivity contribution in [3.63, 3.8) is 0 Å². The fourth-order valence-corrected chi connectivity index (χ4v) is 2.86. The largest absolute Gasteiger partial charge is 0.331 e. The van der Waals surface area contributed by atoms with Crippen LogP contribution in [0, 0.1) is 10.1 Å². The maximum absolute atomic E-state index is 12.7. The summed E-state index contributed by atoms with van der Waals surface area (Å²) in [7, 11) is 0. The van der Waals surface area contributed by atoms with Crippen molar-refractivity contribution in [2.75, 3.05) is 19.6 Å². The third-order valence-corrected chi connectivity index (χ3v) is 4.12. The number of carbonyl (C=O) groups is 1. The first-order valence-electron chi connectivity index (χ1n) is 7.81. The second-order valence-corrected chi connectivity index (χ2v) is 5.70. The average molecular weight is 380 g/mol. The van der Waals surface area contributed by atoms with Crippen molar-refractivity contribution in [3.05, 3.63) is 68.9 Å². The van der Waals surface area contributed by atoms with E-state index in [-0.39, 0.29) is 36.6 Å². The molecule has 0 aliphatic carbocycles. The summed E-state index contributed by atoms with van der Waals surface area (Å²) in [6.07, 6.45) is 4.47. The zero-order valence-electron chi connectivity index (χ0n) is 13.8. The smallest absolute Gasteiger partial charge is 0.285 e. The Hall–Kier alpha value is -2.78. The van der Waals surface area contributed by atoms with Crippen molar-refractivity contribution >= 4 is 24.0 Å². The van der Waals surface area contributed by atoms with Crippen molar-refractivity contribution in [2.24, 2.45) is 0 Å². The molecule has 1 aliphatic heterocycles. The van der Waals surface area contributed by atoms with Crippen LogP contribution in [0.5, 0.6) is 0 Å². The van der Waals surface area contributed by atoms with Crippen LogP contribution >= 0.6 is 12.4 Å². The molecule has 1 aliphatic rings. The van der Waals surface area contributed by atoms with Gasteiger partial charge < -0.3 is 10.2 Å². The number of carbonyl (C=O) groups excluding carboxylic acids is 1. The first-order chi connectivity index (χ1) is 12.1. The zero-order valence-corrected chi connectivity index (χ0v) is 14.6. The number of nitrogens with one attached hydrogen (secondary N) is 1. The lowest BCUT2D eigenvalue weighted by molar-refractivity contribution is -0.385. The van der Waals surface area contributed by atoms with Crippen LogP contribution in [-0.2, 0) is 11.3 Å². The highest BCUT2D eigenvalue weighted by atomic mass is 35.5. The zero-order chi connectivity index (χ0) is 17.8. The normalized spacial score (nSPS) is 16.6. The van der Waals surface area contributed by atoms with Gasteiger partial charge in [0, 0.05) is 44.2 Å². The Morgan fingerprint density at radius 3 is 2.88 bits per heavy atom. The molecular weight excluding hydrogens is 362 g/mol. The van der Waals surface area contributed by atoms with E-state index < -0.39 is 10.5 Å². The molecule has 2 aromatic heterocycles. The number of nitrogens with zero attached hydrogens (tertiary/aromatic N) is 4. The number of piperazine rings is 1. The van der Waals surface area contributed by atoms with Crippen LogP contribution in [0.25, 0.3) is 0 Å². The number of amides is 1. The van der Waals surface area contributed by atoms with E-state index in [0.29, 0.717) is 19.6 Å². The summed E-state index contributed by atoms with van der Waals surface area (Å²) >= 11 is 0. The van der Waals surface area contributed by atoms with Crippen LogP contribution in [0.3, 0.4) is 0 Å². The highest BCUT2D eigenvalue weighted by Crippen LogP contribution is 2.21. The Morgan fingerprint density at radius 2 is 2.19 bits per heavy atom. The van der Waals surface area contributed by atoms with Gasteiger partial charge in [0.05, 0.1) is 17.2 Å². The van der Waals surface area contributed by atoms with Crippen LogP contribution in [-0.4, -0.2) is 44.9 Å². The fourth-order valence-electron chi connectivity index (χ4n) is 2.86. The van der Waals surface area contributed by atoms with E-state index in [9.17, 15) is 19.7 Å². The molecule has 1 atom stereocenters. The lowest BCUT2D eigenvalue weighted by Gasteiger charge is -2.36. The Bertz CT molecular complexity index is 842. The Kier molecular flexibility index (Phi) is 6.42. The maximum atomic E-state index is 12.7. The van der Waals surface area contributed by atoms with Gasteiger partial charge in [-0.1, -0.05) is 6.07 Å². The summed E-state index contributed by atoms with van der Waals surface area (Å²) in [4.78, 5) is 40.7. The van der Waals surface area contributed by atoms with E-state index >= 15 is 0 Å². The molecule has 3 rings (SSSR count). The van der Waals surface area contributed by atoms with Gasteiger partial charge >= 0.3 is 0 Å². The van der Waals surface area contributed by atoms with Crippen molar-refractivity contribution in [1.29, 1.82) is 0 Å². The van der Waals surface area contributed by atoms with Crippen LogP contribution in [0.1, 0.15) is 11.6 Å². The maximum Gasteiger partial charge on any atom is 0.285 e. The molecule has 10 heteroatoms. The standard InChI is InChI=1S/C16H17N5O4.ClH/c22-15-4-3-13(21(24)25)10-19(15)11-16(23)20-7-6-18-9-14(20)12-2-1-5-17-8-12;/h1-5,8,10,14,18H,6-7,9,11H2;1H. The summed E-state index contributed by atoms with van der Waals surface area (Å²) in [6, 6.07) is 5.74. The number of halogens is 1. The van der Waals surface area contributed by atoms with Gasteiger partial charge in [-0.2, -0.15) is 0 Å². The van der Waals surface area contributed by atoms with Crippen LogP contribution in [0.2, 0.25) is 0 Å². The minimum atomic E-state index is -0.594. The molecule has 0 radical (unpaired) electrons. The monoisotopic (exact) mass is 379 g/mol. The summed E-state index contributed by atoms with van der Waals surface area (Å²) in [5.41, 5.74) is 0.220. The van der Waals surface area contributed by atoms with E-state index in [1.54, 1.807) is 23.4 Å². The minimum absolute atomic E-state index is 0. The van der Waals surface area contributed by atoms with Gasteiger partial charge in [-0.05, 0) is 11.6 Å². The molecule has 1 N–H and O–H groups in total. The number of aromatic nitrogens is 2. The number of rotatable bonds is 4. The molecule has 9 nitrogen and oxygen atoms in total. The van der Waals surface area contributed by atoms with Crippen molar-refractivity contribution in [3.8, 4) is 0 Å². The fraction of sp³-hybridized carbons (Fsp3) is 0.312. The lowest BCUT2D eigenvalue weighted by atomic mass is 10.1. The third-order valence-electron chi connectivity index (χ3n) is 4.12. The average Bonchev–Trinajstić information content (AvgIpc) is 2.64. The van der Waals surface area contributed by atoms with E-state index in [1.807, 2.05) is 6.07 Å². The quantitative estimate of drug-likeness (QED) is 0.619. The van der Waals surface area contributed by atoms with Gasteiger partial charge in [0.1, 0.15) is 6.54 Å². The molecule has 138 valence electrons. The van der Waals surface area contributed by atoms with Crippen LogP contribution < -0.4 is 10.9 Å². The Labute approximate surface area is 155 Å². The second-order valence-electron chi connectivity index (χ2n) is 5.70. The summed E-state index contributed by atoms with van der Waals surface area (Å²) < 4.78 is 1.07. The summed E-state index contributed by atoms with van der Waals surface area (Å²) in [6.45, 7) is 1.48. The van der Waals surface area contributed by atoms with E-state index in [4.69, 9.17) is 0 Å². The number of nitro groups is 1. The Morgan fingerprint density at radius 1 is 1.38 bits per heavy atom. The predicted molar refractivity (Wildman–Crippen MR) is 96.2 cm³/mol. The molecule has 1 fully saturated rings. The topological polar surface area (TPSA) is 110 Å². The lowest BCUT2D eigenvalue weighted by Crippen LogP contribution is -2.50. The number of hydrogen-bond acceptors (Lipinski definition) is 6. The van der Waals surface area contributed by atoms with Gasteiger partial charge in [0.15, 0.2) is 0 Å². The molecule has 1 saturated heterocycles. The van der Waals surface area contributed by atoms with Crippen molar-refractivity contribution in [2.45, 2.75) is 12.6 Å². The molecular formula is C16H18ClN5O4. The minimum Gasteiger partial charge on any atom is -0.331 e. The highest BCUT2D eigenvalue weighted by molar-refractivity contribution is 5.85. The first-order valence-corrected chi connectivity index (χ1v) is 7.81. The Balaban J connectivity index is 0.00000243. The molecule has 1 amide bonds. The van der Waals surface area contributed by atoms with Crippen LogP contribution in [0.4, 0.5) is 5.69 Å². The summed E-state index contributed by atoms with van der Waals surface area (Å²) in [5.74, 6) is -0.266. The van der Waals surface area contributed by atoms with Gasteiger partial charge in [-0.15, -0.1) is 12.4 Å². The van der Waals surface area contributed by atoms with E-state index in [0.717, 1.165) is 28.5 Å². The highest BCUT2D eigenvalue weighted by Gasteiger charge is 2.28. The molecule has 1 unspecified atom stereocenters.